The fraction of sp³-hybridized carbons (Fsp3) is 0.500. The minimum absolute atomic E-state index is 0.655. The summed E-state index contributed by atoms with van der Waals surface area (Å²) in [4.78, 5) is 6.56. The van der Waals surface area contributed by atoms with E-state index in [2.05, 4.69) is 48.7 Å². The van der Waals surface area contributed by atoms with Gasteiger partial charge in [0.15, 0.2) is 0 Å². The van der Waals surface area contributed by atoms with Crippen molar-refractivity contribution < 1.29 is 0 Å². The van der Waals surface area contributed by atoms with Crippen LogP contribution in [0.2, 0.25) is 5.02 Å². The summed E-state index contributed by atoms with van der Waals surface area (Å²) in [5.74, 6) is 0.961. The third-order valence-corrected chi connectivity index (χ3v) is 3.38. The highest BCUT2D eigenvalue weighted by atomic mass is 79.9. The van der Waals surface area contributed by atoms with Gasteiger partial charge < -0.3 is 4.90 Å². The molecule has 2 nitrogen and oxygen atoms in total. The van der Waals surface area contributed by atoms with Gasteiger partial charge in [0.05, 0.1) is 9.50 Å². The minimum Gasteiger partial charge on any atom is -0.356 e. The van der Waals surface area contributed by atoms with Gasteiger partial charge in [0.1, 0.15) is 5.82 Å². The van der Waals surface area contributed by atoms with Gasteiger partial charge in [-0.1, -0.05) is 27.5 Å². The van der Waals surface area contributed by atoms with E-state index in [1.165, 1.54) is 0 Å². The lowest BCUT2D eigenvalue weighted by atomic mass is 10.3. The van der Waals surface area contributed by atoms with Crippen molar-refractivity contribution >= 4 is 49.3 Å². The molecule has 0 radical (unpaired) electrons. The molecule has 1 heterocycles. The van der Waals surface area contributed by atoms with Crippen LogP contribution in [0, 0.1) is 0 Å². The van der Waals surface area contributed by atoms with Crippen molar-refractivity contribution in [2.45, 2.75) is 13.3 Å². The van der Waals surface area contributed by atoms with Gasteiger partial charge in [-0.3, -0.25) is 0 Å². The lowest BCUT2D eigenvalue weighted by molar-refractivity contribution is 0.783. The highest BCUT2D eigenvalue weighted by Crippen LogP contribution is 2.26. The van der Waals surface area contributed by atoms with Crippen LogP contribution in [0.25, 0.3) is 0 Å². The van der Waals surface area contributed by atoms with E-state index in [-0.39, 0.29) is 0 Å². The van der Waals surface area contributed by atoms with Crippen molar-refractivity contribution in [3.8, 4) is 0 Å². The van der Waals surface area contributed by atoms with Gasteiger partial charge in [-0.2, -0.15) is 0 Å². The van der Waals surface area contributed by atoms with E-state index in [0.717, 1.165) is 35.1 Å². The molecule has 0 aliphatic carbocycles. The topological polar surface area (TPSA) is 16.1 Å². The normalized spacial score (nSPS) is 10.4. The van der Waals surface area contributed by atoms with Crippen LogP contribution >= 0.6 is 43.5 Å². The molecule has 0 fully saturated rings. The summed E-state index contributed by atoms with van der Waals surface area (Å²) in [6.07, 6.45) is 2.78. The molecule has 0 saturated carbocycles. The zero-order valence-electron chi connectivity index (χ0n) is 8.51. The molecule has 0 amide bonds. The third-order valence-electron chi connectivity index (χ3n) is 2.03. The predicted molar refractivity (Wildman–Crippen MR) is 73.2 cm³/mol. The zero-order chi connectivity index (χ0) is 11.3. The van der Waals surface area contributed by atoms with Crippen molar-refractivity contribution in [2.75, 3.05) is 23.3 Å². The molecule has 0 spiro atoms. The number of hydrogen-bond donors (Lipinski definition) is 0. The van der Waals surface area contributed by atoms with E-state index in [4.69, 9.17) is 11.6 Å². The van der Waals surface area contributed by atoms with E-state index >= 15 is 0 Å². The summed E-state index contributed by atoms with van der Waals surface area (Å²) in [7, 11) is 0. The summed E-state index contributed by atoms with van der Waals surface area (Å²) in [6.45, 7) is 4.06. The molecule has 0 aromatic carbocycles. The first-order valence-corrected chi connectivity index (χ1v) is 7.10. The summed E-state index contributed by atoms with van der Waals surface area (Å²) in [6, 6.07) is 1.88. The molecule has 0 aliphatic heterocycles. The molecule has 0 unspecified atom stereocenters. The van der Waals surface area contributed by atoms with Crippen LogP contribution in [-0.4, -0.2) is 23.4 Å². The van der Waals surface area contributed by atoms with Crippen LogP contribution in [0.4, 0.5) is 5.82 Å². The molecule has 0 saturated heterocycles. The third kappa shape index (κ3) is 3.93. The Morgan fingerprint density at radius 2 is 2.27 bits per heavy atom. The van der Waals surface area contributed by atoms with Gasteiger partial charge in [-0.25, -0.2) is 4.98 Å². The molecule has 5 heteroatoms. The van der Waals surface area contributed by atoms with Crippen LogP contribution in [0.1, 0.15) is 13.3 Å². The van der Waals surface area contributed by atoms with Crippen LogP contribution < -0.4 is 4.90 Å². The molecule has 1 aromatic rings. The highest BCUT2D eigenvalue weighted by molar-refractivity contribution is 9.10. The number of pyridine rings is 1. The first kappa shape index (κ1) is 13.3. The van der Waals surface area contributed by atoms with Gasteiger partial charge in [-0.05, 0) is 35.3 Å². The lowest BCUT2D eigenvalue weighted by Gasteiger charge is -2.22. The van der Waals surface area contributed by atoms with Crippen molar-refractivity contribution in [1.29, 1.82) is 0 Å². The Morgan fingerprint density at radius 1 is 1.53 bits per heavy atom. The van der Waals surface area contributed by atoms with Crippen LogP contribution in [0.3, 0.4) is 0 Å². The maximum atomic E-state index is 5.85. The average Bonchev–Trinajstić information content (AvgIpc) is 2.21. The Balaban J connectivity index is 2.81. The Kier molecular flexibility index (Phi) is 5.94. The second-order valence-corrected chi connectivity index (χ2v) is 5.16. The second-order valence-electron chi connectivity index (χ2n) is 3.08. The molecule has 1 aromatic heterocycles. The van der Waals surface area contributed by atoms with Crippen LogP contribution in [0.15, 0.2) is 16.7 Å². The molecule has 84 valence electrons. The van der Waals surface area contributed by atoms with Gasteiger partial charge in [-0.15, -0.1) is 0 Å². The first-order chi connectivity index (χ1) is 7.19. The largest absolute Gasteiger partial charge is 0.356 e. The van der Waals surface area contributed by atoms with E-state index in [1.54, 1.807) is 6.20 Å². The average molecular weight is 356 g/mol. The van der Waals surface area contributed by atoms with Crippen LogP contribution in [-0.2, 0) is 0 Å². The number of aromatic nitrogens is 1. The maximum Gasteiger partial charge on any atom is 0.142 e. The fourth-order valence-corrected chi connectivity index (χ4v) is 2.44. The standard InChI is InChI=1S/C10H13Br2ClN2/c1-2-15(5-3-4-11)10-9(12)6-8(13)7-14-10/h6-7H,2-5H2,1H3. The Morgan fingerprint density at radius 3 is 2.80 bits per heavy atom. The zero-order valence-corrected chi connectivity index (χ0v) is 12.4. The van der Waals surface area contributed by atoms with Crippen molar-refractivity contribution in [3.63, 3.8) is 0 Å². The monoisotopic (exact) mass is 354 g/mol. The smallest absolute Gasteiger partial charge is 0.142 e. The van der Waals surface area contributed by atoms with Gasteiger partial charge in [0.2, 0.25) is 0 Å². The lowest BCUT2D eigenvalue weighted by Crippen LogP contribution is -2.25. The number of nitrogens with zero attached hydrogens (tertiary/aromatic N) is 2. The fourth-order valence-electron chi connectivity index (χ4n) is 1.30. The van der Waals surface area contributed by atoms with E-state index < -0.39 is 0 Å². The number of anilines is 1. The van der Waals surface area contributed by atoms with Crippen molar-refractivity contribution in [3.05, 3.63) is 21.8 Å². The molecule has 0 N–H and O–H groups in total. The van der Waals surface area contributed by atoms with Crippen molar-refractivity contribution in [2.24, 2.45) is 0 Å². The van der Waals surface area contributed by atoms with E-state index in [9.17, 15) is 0 Å². The summed E-state index contributed by atoms with van der Waals surface area (Å²) in [5, 5.41) is 1.66. The van der Waals surface area contributed by atoms with Gasteiger partial charge >= 0.3 is 0 Å². The summed E-state index contributed by atoms with van der Waals surface area (Å²) in [5.41, 5.74) is 0. The Bertz CT molecular complexity index is 320. The van der Waals surface area contributed by atoms with Crippen molar-refractivity contribution in [1.82, 2.24) is 4.98 Å². The Labute approximate surface area is 112 Å². The first-order valence-electron chi connectivity index (χ1n) is 4.81. The van der Waals surface area contributed by atoms with Gasteiger partial charge in [0.25, 0.3) is 0 Å². The minimum atomic E-state index is 0.655. The molecule has 15 heavy (non-hydrogen) atoms. The second kappa shape index (κ2) is 6.71. The molecule has 0 atom stereocenters. The van der Waals surface area contributed by atoms with Crippen LogP contribution in [0.5, 0.6) is 0 Å². The highest BCUT2D eigenvalue weighted by Gasteiger charge is 2.09. The maximum absolute atomic E-state index is 5.85. The molecule has 0 aliphatic rings. The van der Waals surface area contributed by atoms with E-state index in [0.29, 0.717) is 5.02 Å². The number of rotatable bonds is 5. The summed E-state index contributed by atoms with van der Waals surface area (Å²) >= 11 is 12.8. The molecule has 1 rings (SSSR count). The summed E-state index contributed by atoms with van der Waals surface area (Å²) < 4.78 is 0.950. The SMILES string of the molecule is CCN(CCCBr)c1ncc(Cl)cc1Br. The van der Waals surface area contributed by atoms with E-state index in [1.807, 2.05) is 6.07 Å². The molecule has 0 bridgehead atoms. The Hall–Kier alpha value is 0.200. The quantitative estimate of drug-likeness (QED) is 0.738. The predicted octanol–water partition coefficient (Wildman–Crippen LogP) is 4.11. The number of halogens is 3. The molecular formula is C10H13Br2ClN2. The number of alkyl halides is 1. The molecular weight excluding hydrogens is 343 g/mol. The number of hydrogen-bond acceptors (Lipinski definition) is 2. The van der Waals surface area contributed by atoms with Gasteiger partial charge in [0, 0.05) is 24.6 Å².